The number of aromatic nitrogens is 2. The quantitative estimate of drug-likeness (QED) is 0.180. The van der Waals surface area contributed by atoms with Crippen LogP contribution >= 0.6 is 11.7 Å². The maximum atomic E-state index is 13.9. The minimum absolute atomic E-state index is 0.0613. The van der Waals surface area contributed by atoms with Gasteiger partial charge in [0.2, 0.25) is 0 Å². The van der Waals surface area contributed by atoms with Crippen LogP contribution in [0.25, 0.3) is 16.6 Å². The number of carbonyl (C=O) groups is 2. The van der Waals surface area contributed by atoms with E-state index in [1.165, 1.54) is 0 Å². The highest BCUT2D eigenvalue weighted by molar-refractivity contribution is 7.00. The van der Waals surface area contributed by atoms with Crippen molar-refractivity contribution in [2.45, 2.75) is 13.0 Å². The Morgan fingerprint density at radius 1 is 0.821 bits per heavy atom. The number of nitrogens with zero attached hydrogens (tertiary/aromatic N) is 3. The second kappa shape index (κ2) is 11.5. The lowest BCUT2D eigenvalue weighted by Crippen LogP contribution is -2.14. The van der Waals surface area contributed by atoms with Crippen LogP contribution < -0.4 is 4.74 Å². The lowest BCUT2D eigenvalue weighted by Gasteiger charge is -2.14. The standard InChI is InChI=1S/C31H21N3O4S/c32-18-21-8-6-20(7-9-21)16-26(29(31(36)37)24-12-15-27-28(17-24)34-39-33-27)30(35)23-10-13-25(14-11-23)38-19-22-4-2-1-3-5-22/h1-15,17H,16,19H2,(H,36,37). The Kier molecular flexibility index (Phi) is 7.53. The molecule has 0 fully saturated rings. The number of hydrogen-bond acceptors (Lipinski definition) is 7. The van der Waals surface area contributed by atoms with E-state index in [4.69, 9.17) is 10.00 Å². The van der Waals surface area contributed by atoms with E-state index in [-0.39, 0.29) is 17.6 Å². The molecule has 0 spiro atoms. The van der Waals surface area contributed by atoms with Crippen LogP contribution in [0.15, 0.2) is 103 Å². The van der Waals surface area contributed by atoms with Crippen molar-refractivity contribution in [2.24, 2.45) is 0 Å². The Morgan fingerprint density at radius 2 is 1.51 bits per heavy atom. The Balaban J connectivity index is 1.52. The average molecular weight is 532 g/mol. The number of benzene rings is 4. The Morgan fingerprint density at radius 3 is 2.21 bits per heavy atom. The van der Waals surface area contributed by atoms with Crippen molar-refractivity contribution in [3.05, 3.63) is 130 Å². The molecule has 0 aliphatic heterocycles. The third kappa shape index (κ3) is 5.90. The van der Waals surface area contributed by atoms with Gasteiger partial charge in [-0.1, -0.05) is 48.5 Å². The predicted molar refractivity (Wildman–Crippen MR) is 148 cm³/mol. The molecule has 0 unspecified atom stereocenters. The van der Waals surface area contributed by atoms with Crippen molar-refractivity contribution in [3.8, 4) is 11.8 Å². The van der Waals surface area contributed by atoms with E-state index >= 15 is 0 Å². The first-order valence-corrected chi connectivity index (χ1v) is 12.7. The van der Waals surface area contributed by atoms with E-state index in [9.17, 15) is 14.7 Å². The first-order chi connectivity index (χ1) is 19.0. The molecule has 1 heterocycles. The summed E-state index contributed by atoms with van der Waals surface area (Å²) < 4.78 is 14.2. The van der Waals surface area contributed by atoms with Gasteiger partial charge in [-0.05, 0) is 65.2 Å². The Hall–Kier alpha value is -5.13. The van der Waals surface area contributed by atoms with Crippen molar-refractivity contribution in [1.29, 1.82) is 5.26 Å². The number of ether oxygens (including phenoxy) is 1. The van der Waals surface area contributed by atoms with Crippen LogP contribution in [0.2, 0.25) is 0 Å². The molecular formula is C31H21N3O4S. The van der Waals surface area contributed by atoms with Crippen LogP contribution in [-0.4, -0.2) is 25.6 Å². The molecule has 5 rings (SSSR count). The average Bonchev–Trinajstić information content (AvgIpc) is 3.44. The molecule has 0 aliphatic carbocycles. The third-order valence-electron chi connectivity index (χ3n) is 6.16. The zero-order valence-corrected chi connectivity index (χ0v) is 21.4. The van der Waals surface area contributed by atoms with Gasteiger partial charge < -0.3 is 9.84 Å². The van der Waals surface area contributed by atoms with Gasteiger partial charge in [0.1, 0.15) is 23.4 Å². The highest BCUT2D eigenvalue weighted by Crippen LogP contribution is 2.28. The molecule has 0 amide bonds. The molecular weight excluding hydrogens is 510 g/mol. The smallest absolute Gasteiger partial charge is 0.336 e. The number of Topliss-reactive ketones (excluding diaryl/α,β-unsaturated/α-hetero) is 1. The summed E-state index contributed by atoms with van der Waals surface area (Å²) in [6.07, 6.45) is 0.0613. The molecule has 4 aromatic carbocycles. The number of fused-ring (bicyclic) bond motifs is 1. The molecule has 190 valence electrons. The van der Waals surface area contributed by atoms with E-state index in [2.05, 4.69) is 14.8 Å². The van der Waals surface area contributed by atoms with Crippen LogP contribution in [0.5, 0.6) is 5.75 Å². The molecule has 0 saturated carbocycles. The maximum absolute atomic E-state index is 13.9. The summed E-state index contributed by atoms with van der Waals surface area (Å²) >= 11 is 1.03. The maximum Gasteiger partial charge on any atom is 0.336 e. The molecule has 39 heavy (non-hydrogen) atoms. The molecule has 5 aromatic rings. The van der Waals surface area contributed by atoms with E-state index in [1.807, 2.05) is 30.3 Å². The van der Waals surface area contributed by atoms with Crippen molar-refractivity contribution in [1.82, 2.24) is 8.75 Å². The predicted octanol–water partition coefficient (Wildman–Crippen LogP) is 6.11. The second-order valence-electron chi connectivity index (χ2n) is 8.74. The van der Waals surface area contributed by atoms with Crippen LogP contribution in [0.4, 0.5) is 0 Å². The van der Waals surface area contributed by atoms with Gasteiger partial charge in [0.25, 0.3) is 0 Å². The lowest BCUT2D eigenvalue weighted by molar-refractivity contribution is -0.130. The number of carbonyl (C=O) groups excluding carboxylic acids is 1. The first kappa shape index (κ1) is 25.5. The fourth-order valence-electron chi connectivity index (χ4n) is 4.17. The van der Waals surface area contributed by atoms with Crippen molar-refractivity contribution >= 4 is 40.1 Å². The van der Waals surface area contributed by atoms with Crippen molar-refractivity contribution in [3.63, 3.8) is 0 Å². The number of hydrogen-bond donors (Lipinski definition) is 1. The summed E-state index contributed by atoms with van der Waals surface area (Å²) in [4.78, 5) is 26.5. The first-order valence-electron chi connectivity index (χ1n) is 12.0. The summed E-state index contributed by atoms with van der Waals surface area (Å²) in [6, 6.07) is 30.2. The summed E-state index contributed by atoms with van der Waals surface area (Å²) in [6.45, 7) is 0.384. The number of ketones is 1. The SMILES string of the molecule is N#Cc1ccc(CC(C(=O)c2ccc(OCc3ccccc3)cc2)=C(C(=O)O)c2ccc3nsnc3c2)cc1. The topological polar surface area (TPSA) is 113 Å². The third-order valence-corrected chi connectivity index (χ3v) is 6.72. The summed E-state index contributed by atoms with van der Waals surface area (Å²) in [7, 11) is 0. The molecule has 0 aliphatic rings. The van der Waals surface area contributed by atoms with E-state index in [0.717, 1.165) is 17.3 Å². The van der Waals surface area contributed by atoms with Gasteiger partial charge in [0.05, 0.1) is 28.9 Å². The van der Waals surface area contributed by atoms with Gasteiger partial charge in [-0.3, -0.25) is 4.79 Å². The van der Waals surface area contributed by atoms with E-state index in [1.54, 1.807) is 66.7 Å². The Bertz CT molecular complexity index is 1720. The zero-order chi connectivity index (χ0) is 27.2. The van der Waals surface area contributed by atoms with E-state index in [0.29, 0.717) is 45.6 Å². The fourth-order valence-corrected chi connectivity index (χ4v) is 4.68. The van der Waals surface area contributed by atoms with E-state index < -0.39 is 11.8 Å². The number of aliphatic carboxylic acids is 1. The monoisotopic (exact) mass is 531 g/mol. The number of nitriles is 1. The van der Waals surface area contributed by atoms with Gasteiger partial charge in [0.15, 0.2) is 5.78 Å². The number of carboxylic acid groups (broad SMARTS) is 1. The van der Waals surface area contributed by atoms with Crippen molar-refractivity contribution in [2.75, 3.05) is 0 Å². The van der Waals surface area contributed by atoms with Gasteiger partial charge in [-0.25, -0.2) is 4.79 Å². The number of carboxylic acids is 1. The highest BCUT2D eigenvalue weighted by atomic mass is 32.1. The molecule has 7 nitrogen and oxygen atoms in total. The largest absolute Gasteiger partial charge is 0.489 e. The van der Waals surface area contributed by atoms with Gasteiger partial charge in [0, 0.05) is 17.6 Å². The number of allylic oxidation sites excluding steroid dienone is 1. The summed E-state index contributed by atoms with van der Waals surface area (Å²) in [5.74, 6) is -1.05. The Labute approximate surface area is 228 Å². The minimum atomic E-state index is -1.22. The normalized spacial score (nSPS) is 11.5. The minimum Gasteiger partial charge on any atom is -0.489 e. The molecule has 0 atom stereocenters. The molecule has 1 N–H and O–H groups in total. The zero-order valence-electron chi connectivity index (χ0n) is 20.6. The van der Waals surface area contributed by atoms with Gasteiger partial charge in [-0.15, -0.1) is 0 Å². The van der Waals surface area contributed by atoms with Crippen LogP contribution in [0.3, 0.4) is 0 Å². The lowest BCUT2D eigenvalue weighted by atomic mass is 9.89. The molecule has 1 aromatic heterocycles. The summed E-state index contributed by atoms with van der Waals surface area (Å²) in [5, 5.41) is 19.4. The fraction of sp³-hybridized carbons (Fsp3) is 0.0645. The van der Waals surface area contributed by atoms with Crippen LogP contribution in [0.1, 0.15) is 32.6 Å². The van der Waals surface area contributed by atoms with Crippen LogP contribution in [-0.2, 0) is 17.8 Å². The summed E-state index contributed by atoms with van der Waals surface area (Å²) in [5.41, 5.74) is 4.11. The van der Waals surface area contributed by atoms with Crippen molar-refractivity contribution < 1.29 is 19.4 Å². The molecule has 8 heteroatoms. The molecule has 0 bridgehead atoms. The molecule has 0 radical (unpaired) electrons. The number of rotatable bonds is 9. The molecule has 0 saturated heterocycles. The van der Waals surface area contributed by atoms with Crippen LogP contribution in [0, 0.1) is 11.3 Å². The van der Waals surface area contributed by atoms with Gasteiger partial charge >= 0.3 is 5.97 Å². The second-order valence-corrected chi connectivity index (χ2v) is 9.27. The van der Waals surface area contributed by atoms with Gasteiger partial charge in [-0.2, -0.15) is 14.0 Å². The highest BCUT2D eigenvalue weighted by Gasteiger charge is 2.24.